The van der Waals surface area contributed by atoms with E-state index in [2.05, 4.69) is 5.32 Å². The Morgan fingerprint density at radius 2 is 1.97 bits per heavy atom. The van der Waals surface area contributed by atoms with Crippen molar-refractivity contribution in [3.63, 3.8) is 0 Å². The molecule has 0 saturated carbocycles. The number of aryl methyl sites for hydroxylation is 1. The Morgan fingerprint density at radius 3 is 2.64 bits per heavy atom. The summed E-state index contributed by atoms with van der Waals surface area (Å²) in [6.45, 7) is 11.4. The average Bonchev–Trinajstić information content (AvgIpc) is 2.82. The molecule has 9 nitrogen and oxygen atoms in total. The van der Waals surface area contributed by atoms with Crippen molar-refractivity contribution in [1.82, 2.24) is 10.2 Å². The third-order valence-corrected chi connectivity index (χ3v) is 6.41. The Balaban J connectivity index is 1.78. The van der Waals surface area contributed by atoms with Crippen molar-refractivity contribution < 1.29 is 28.6 Å². The molecule has 0 bridgehead atoms. The van der Waals surface area contributed by atoms with Crippen LogP contribution in [-0.2, 0) is 20.7 Å². The summed E-state index contributed by atoms with van der Waals surface area (Å²) in [5, 5.41) is 3.11. The van der Waals surface area contributed by atoms with Crippen LogP contribution in [0.4, 0.5) is 10.5 Å². The van der Waals surface area contributed by atoms with Crippen molar-refractivity contribution in [2.75, 3.05) is 38.3 Å². The van der Waals surface area contributed by atoms with E-state index in [1.54, 1.807) is 29.9 Å². The van der Waals surface area contributed by atoms with Crippen LogP contribution in [0.3, 0.4) is 0 Å². The Morgan fingerprint density at radius 1 is 1.22 bits per heavy atom. The maximum atomic E-state index is 13.4. The number of hydrogen-bond acceptors (Lipinski definition) is 6. The monoisotopic (exact) mass is 503 g/mol. The van der Waals surface area contributed by atoms with E-state index in [4.69, 9.17) is 14.2 Å². The number of rotatable bonds is 8. The highest BCUT2D eigenvalue weighted by atomic mass is 16.6. The number of piperidine rings is 1. The average molecular weight is 504 g/mol. The molecule has 1 fully saturated rings. The number of carbonyl (C=O) groups excluding carboxylic acids is 3. The van der Waals surface area contributed by atoms with Crippen LogP contribution in [0.2, 0.25) is 0 Å². The van der Waals surface area contributed by atoms with E-state index in [9.17, 15) is 14.4 Å². The maximum absolute atomic E-state index is 13.4. The lowest BCUT2D eigenvalue weighted by Crippen LogP contribution is -2.50. The number of benzene rings is 1. The zero-order valence-electron chi connectivity index (χ0n) is 22.5. The molecule has 2 atom stereocenters. The molecule has 36 heavy (non-hydrogen) atoms. The molecular weight excluding hydrogens is 462 g/mol. The van der Waals surface area contributed by atoms with Crippen LogP contribution < -0.4 is 15.0 Å². The minimum absolute atomic E-state index is 0.115. The van der Waals surface area contributed by atoms with Crippen LogP contribution >= 0.6 is 0 Å². The van der Waals surface area contributed by atoms with Crippen molar-refractivity contribution in [3.05, 3.63) is 23.3 Å². The predicted octanol–water partition coefficient (Wildman–Crippen LogP) is 3.92. The van der Waals surface area contributed by atoms with Gasteiger partial charge in [-0.25, -0.2) is 4.79 Å². The van der Waals surface area contributed by atoms with Crippen LogP contribution in [0, 0.1) is 0 Å². The maximum Gasteiger partial charge on any atom is 0.410 e. The minimum Gasteiger partial charge on any atom is -0.479 e. The van der Waals surface area contributed by atoms with Gasteiger partial charge in [0.25, 0.3) is 11.8 Å². The SMILES string of the molecule is CCc1cc2c(cc1C(=O)N[C@@H]1CCCN(C(=O)OC(C)(C)C)C1)N(CCCCOC)C(=O)[C@@H](C)O2. The first-order valence-electron chi connectivity index (χ1n) is 13.0. The second kappa shape index (κ2) is 12.0. The second-order valence-corrected chi connectivity index (χ2v) is 10.5. The van der Waals surface area contributed by atoms with Crippen molar-refractivity contribution >= 4 is 23.6 Å². The summed E-state index contributed by atoms with van der Waals surface area (Å²) in [7, 11) is 1.66. The van der Waals surface area contributed by atoms with Crippen LogP contribution in [0.1, 0.15) is 76.2 Å². The predicted molar refractivity (Wildman–Crippen MR) is 138 cm³/mol. The van der Waals surface area contributed by atoms with Crippen LogP contribution in [-0.4, -0.2) is 73.9 Å². The topological polar surface area (TPSA) is 97.4 Å². The van der Waals surface area contributed by atoms with Gasteiger partial charge in [-0.3, -0.25) is 9.59 Å². The van der Waals surface area contributed by atoms with E-state index < -0.39 is 11.7 Å². The quantitative estimate of drug-likeness (QED) is 0.540. The van der Waals surface area contributed by atoms with Gasteiger partial charge in [-0.15, -0.1) is 0 Å². The van der Waals surface area contributed by atoms with Gasteiger partial charge in [-0.05, 0) is 77.5 Å². The fourth-order valence-electron chi connectivity index (χ4n) is 4.60. The lowest BCUT2D eigenvalue weighted by Gasteiger charge is -2.35. The third-order valence-electron chi connectivity index (χ3n) is 6.41. The molecule has 0 radical (unpaired) electrons. The molecule has 1 aromatic rings. The molecule has 2 heterocycles. The molecule has 1 aromatic carbocycles. The highest BCUT2D eigenvalue weighted by molar-refractivity contribution is 6.03. The van der Waals surface area contributed by atoms with Gasteiger partial charge >= 0.3 is 6.09 Å². The highest BCUT2D eigenvalue weighted by Crippen LogP contribution is 2.37. The fourth-order valence-corrected chi connectivity index (χ4v) is 4.60. The van der Waals surface area contributed by atoms with Gasteiger partial charge < -0.3 is 29.3 Å². The van der Waals surface area contributed by atoms with Gasteiger partial charge in [0.2, 0.25) is 0 Å². The van der Waals surface area contributed by atoms with Crippen LogP contribution in [0.15, 0.2) is 12.1 Å². The smallest absolute Gasteiger partial charge is 0.410 e. The number of nitrogens with zero attached hydrogens (tertiary/aromatic N) is 2. The largest absolute Gasteiger partial charge is 0.479 e. The lowest BCUT2D eigenvalue weighted by atomic mass is 9.99. The first-order valence-corrected chi connectivity index (χ1v) is 13.0. The van der Waals surface area contributed by atoms with Crippen molar-refractivity contribution in [3.8, 4) is 5.75 Å². The van der Waals surface area contributed by atoms with Crippen molar-refractivity contribution in [2.45, 2.75) is 84.5 Å². The van der Waals surface area contributed by atoms with E-state index >= 15 is 0 Å². The van der Waals surface area contributed by atoms with E-state index in [0.29, 0.717) is 49.7 Å². The first-order chi connectivity index (χ1) is 17.0. The lowest BCUT2D eigenvalue weighted by molar-refractivity contribution is -0.125. The molecule has 3 amide bonds. The highest BCUT2D eigenvalue weighted by Gasteiger charge is 2.34. The van der Waals surface area contributed by atoms with Gasteiger partial charge in [0.15, 0.2) is 6.10 Å². The molecule has 0 spiro atoms. The number of likely N-dealkylation sites (tertiary alicyclic amines) is 1. The van der Waals surface area contributed by atoms with Gasteiger partial charge in [-0.2, -0.15) is 0 Å². The summed E-state index contributed by atoms with van der Waals surface area (Å²) in [6.07, 6.45) is 2.88. The summed E-state index contributed by atoms with van der Waals surface area (Å²) in [4.78, 5) is 42.3. The molecule has 2 aliphatic heterocycles. The number of fused-ring (bicyclic) bond motifs is 1. The minimum atomic E-state index is -0.578. The summed E-state index contributed by atoms with van der Waals surface area (Å²) >= 11 is 0. The van der Waals surface area contributed by atoms with Crippen LogP contribution in [0.25, 0.3) is 0 Å². The summed E-state index contributed by atoms with van der Waals surface area (Å²) in [6, 6.07) is 3.48. The van der Waals surface area contributed by atoms with Gasteiger partial charge in [-0.1, -0.05) is 6.92 Å². The Bertz CT molecular complexity index is 958. The van der Waals surface area contributed by atoms with E-state index in [1.807, 2.05) is 33.8 Å². The first kappa shape index (κ1) is 27.8. The molecule has 200 valence electrons. The molecule has 2 aliphatic rings. The van der Waals surface area contributed by atoms with E-state index in [-0.39, 0.29) is 23.9 Å². The fraction of sp³-hybridized carbons (Fsp3) is 0.667. The zero-order chi connectivity index (χ0) is 26.5. The Labute approximate surface area is 214 Å². The third kappa shape index (κ3) is 6.90. The van der Waals surface area contributed by atoms with Crippen molar-refractivity contribution in [1.29, 1.82) is 0 Å². The number of unbranched alkanes of at least 4 members (excludes halogenated alkanes) is 1. The standard InChI is InChI=1S/C27H41N3O6/c1-7-19-15-23-22(30(13-8-9-14-34-6)25(32)18(2)35-23)16-21(19)24(31)28-20-11-10-12-29(17-20)26(33)36-27(3,4)5/h15-16,18,20H,7-14,17H2,1-6H3,(H,28,31)/t18-,20-/m1/s1. The molecule has 0 unspecified atom stereocenters. The van der Waals surface area contributed by atoms with Gasteiger partial charge in [0.05, 0.1) is 5.69 Å². The second-order valence-electron chi connectivity index (χ2n) is 10.5. The molecule has 0 aromatic heterocycles. The Kier molecular flexibility index (Phi) is 9.22. The van der Waals surface area contributed by atoms with E-state index in [0.717, 1.165) is 31.2 Å². The number of carbonyl (C=O) groups is 3. The molecular formula is C27H41N3O6. The molecule has 3 rings (SSSR count). The summed E-state index contributed by atoms with van der Waals surface area (Å²) in [5.41, 5.74) is 1.43. The number of anilines is 1. The summed E-state index contributed by atoms with van der Waals surface area (Å²) < 4.78 is 16.5. The Hall–Kier alpha value is -2.81. The molecule has 0 aliphatic carbocycles. The molecule has 1 N–H and O–H groups in total. The number of ether oxygens (including phenoxy) is 3. The van der Waals surface area contributed by atoms with Gasteiger partial charge in [0.1, 0.15) is 11.4 Å². The van der Waals surface area contributed by atoms with Crippen LogP contribution in [0.5, 0.6) is 5.75 Å². The number of amides is 3. The number of methoxy groups -OCH3 is 1. The van der Waals surface area contributed by atoms with E-state index in [1.165, 1.54) is 0 Å². The summed E-state index contributed by atoms with van der Waals surface area (Å²) in [5.74, 6) is 0.294. The molecule has 1 saturated heterocycles. The molecule has 9 heteroatoms. The normalized spacial score (nSPS) is 20.0. The number of nitrogens with one attached hydrogen (secondary N) is 1. The van der Waals surface area contributed by atoms with Crippen molar-refractivity contribution in [2.24, 2.45) is 0 Å². The van der Waals surface area contributed by atoms with Gasteiger partial charge in [0, 0.05) is 45.0 Å². The number of hydrogen-bond donors (Lipinski definition) is 1. The zero-order valence-corrected chi connectivity index (χ0v) is 22.5.